The molecule has 0 atom stereocenters. The van der Waals surface area contributed by atoms with E-state index in [4.69, 9.17) is 39.2 Å². The summed E-state index contributed by atoms with van der Waals surface area (Å²) in [6.07, 6.45) is 4.72. The molecule has 0 radical (unpaired) electrons. The predicted octanol–water partition coefficient (Wildman–Crippen LogP) is 6.07. The van der Waals surface area contributed by atoms with Crippen LogP contribution in [0.2, 0.25) is 15.1 Å². The van der Waals surface area contributed by atoms with Gasteiger partial charge in [-0.25, -0.2) is 9.78 Å². The molecule has 0 fully saturated rings. The van der Waals surface area contributed by atoms with Gasteiger partial charge in [-0.1, -0.05) is 34.8 Å². The predicted molar refractivity (Wildman–Crippen MR) is 110 cm³/mol. The maximum Gasteiger partial charge on any atom is 0.347 e. The number of hydrogen-bond acceptors (Lipinski definition) is 4. The summed E-state index contributed by atoms with van der Waals surface area (Å²) in [6.45, 7) is 1.83. The second-order valence-corrected chi connectivity index (χ2v) is 7.96. The Balaban J connectivity index is 2.02. The number of nitrogens with zero attached hydrogens (tertiary/aromatic N) is 3. The van der Waals surface area contributed by atoms with Crippen LogP contribution in [0.4, 0.5) is 0 Å². The van der Waals surface area contributed by atoms with Crippen LogP contribution in [0.25, 0.3) is 28.2 Å². The van der Waals surface area contributed by atoms with Crippen molar-refractivity contribution in [2.45, 2.75) is 6.92 Å². The molecule has 0 aliphatic carbocycles. The molecule has 0 aliphatic rings. The van der Waals surface area contributed by atoms with E-state index in [0.717, 1.165) is 10.0 Å². The Hall–Kier alpha value is -1.86. The minimum absolute atomic E-state index is 0.132. The summed E-state index contributed by atoms with van der Waals surface area (Å²) in [5, 5.41) is 1.46. The highest BCUT2D eigenvalue weighted by atomic mass is 79.9. The molecule has 27 heavy (non-hydrogen) atoms. The topological polar surface area (TPSA) is 60.9 Å². The highest BCUT2D eigenvalue weighted by molar-refractivity contribution is 9.10. The van der Waals surface area contributed by atoms with Crippen molar-refractivity contribution in [3.8, 4) is 17.3 Å². The molecule has 0 spiro atoms. The normalized spacial score (nSPS) is 11.3. The lowest BCUT2D eigenvalue weighted by Gasteiger charge is -2.11. The summed E-state index contributed by atoms with van der Waals surface area (Å²) < 4.78 is 7.90. The Morgan fingerprint density at radius 3 is 2.52 bits per heavy atom. The van der Waals surface area contributed by atoms with Crippen molar-refractivity contribution in [1.82, 2.24) is 14.5 Å². The van der Waals surface area contributed by atoms with Gasteiger partial charge in [0.1, 0.15) is 5.69 Å². The zero-order chi connectivity index (χ0) is 19.3. The fraction of sp³-hybridized carbons (Fsp3) is 0.0556. The second kappa shape index (κ2) is 6.95. The van der Waals surface area contributed by atoms with Gasteiger partial charge in [0.2, 0.25) is 5.89 Å². The molecule has 4 aromatic rings. The largest absolute Gasteiger partial charge is 0.401 e. The molecule has 0 saturated heterocycles. The Morgan fingerprint density at radius 2 is 1.81 bits per heavy atom. The van der Waals surface area contributed by atoms with E-state index in [2.05, 4.69) is 25.9 Å². The Kier molecular flexibility index (Phi) is 4.76. The summed E-state index contributed by atoms with van der Waals surface area (Å²) in [4.78, 5) is 21.0. The first kappa shape index (κ1) is 18.5. The van der Waals surface area contributed by atoms with Crippen molar-refractivity contribution in [2.24, 2.45) is 0 Å². The van der Waals surface area contributed by atoms with Crippen LogP contribution in [-0.2, 0) is 0 Å². The van der Waals surface area contributed by atoms with Crippen molar-refractivity contribution < 1.29 is 4.42 Å². The van der Waals surface area contributed by atoms with Crippen LogP contribution in [0.15, 0.2) is 50.5 Å². The molecule has 1 aromatic carbocycles. The van der Waals surface area contributed by atoms with Crippen molar-refractivity contribution in [3.05, 3.63) is 72.3 Å². The van der Waals surface area contributed by atoms with Crippen LogP contribution >= 0.6 is 50.7 Å². The van der Waals surface area contributed by atoms with Gasteiger partial charge in [0.25, 0.3) is 0 Å². The number of aromatic nitrogens is 3. The molecule has 0 amide bonds. The molecule has 9 heteroatoms. The van der Waals surface area contributed by atoms with Gasteiger partial charge in [0.05, 0.1) is 26.6 Å². The summed E-state index contributed by atoms with van der Waals surface area (Å²) in [6, 6.07) is 5.04. The van der Waals surface area contributed by atoms with Crippen LogP contribution in [0, 0.1) is 6.92 Å². The van der Waals surface area contributed by atoms with Crippen LogP contribution in [0.5, 0.6) is 0 Å². The number of fused-ring (bicyclic) bond motifs is 1. The number of benzene rings is 1. The monoisotopic (exact) mass is 483 g/mol. The number of aryl methyl sites for hydroxylation is 1. The fourth-order valence-electron chi connectivity index (χ4n) is 2.83. The highest BCUT2D eigenvalue weighted by Gasteiger charge is 2.19. The van der Waals surface area contributed by atoms with Gasteiger partial charge in [-0.15, -0.1) is 0 Å². The number of halogens is 4. The van der Waals surface area contributed by atoms with Crippen molar-refractivity contribution >= 4 is 61.6 Å². The number of rotatable bonds is 2. The smallest absolute Gasteiger partial charge is 0.347 e. The molecule has 0 bridgehead atoms. The summed E-state index contributed by atoms with van der Waals surface area (Å²) in [7, 11) is 0. The molecule has 3 aromatic heterocycles. The molecule has 0 N–H and O–H groups in total. The zero-order valence-electron chi connectivity index (χ0n) is 13.6. The average molecular weight is 486 g/mol. The third-order valence-corrected chi connectivity index (χ3v) is 5.17. The van der Waals surface area contributed by atoms with E-state index in [0.29, 0.717) is 37.4 Å². The van der Waals surface area contributed by atoms with Crippen LogP contribution in [0.3, 0.4) is 0 Å². The Morgan fingerprint density at radius 1 is 1.11 bits per heavy atom. The lowest BCUT2D eigenvalue weighted by Crippen LogP contribution is -2.06. The third-order valence-electron chi connectivity index (χ3n) is 3.96. The quantitative estimate of drug-likeness (QED) is 0.346. The van der Waals surface area contributed by atoms with E-state index >= 15 is 0 Å². The van der Waals surface area contributed by atoms with Gasteiger partial charge >= 0.3 is 5.63 Å². The number of hydrogen-bond donors (Lipinski definition) is 0. The van der Waals surface area contributed by atoms with E-state index in [1.807, 2.05) is 6.92 Å². The summed E-state index contributed by atoms with van der Waals surface area (Å²) in [5.74, 6) is 0.132. The van der Waals surface area contributed by atoms with Gasteiger partial charge in [0.15, 0.2) is 0 Å². The van der Waals surface area contributed by atoms with E-state index in [-0.39, 0.29) is 5.89 Å². The van der Waals surface area contributed by atoms with Crippen molar-refractivity contribution in [1.29, 1.82) is 0 Å². The van der Waals surface area contributed by atoms with Crippen LogP contribution < -0.4 is 5.63 Å². The fourth-order valence-corrected chi connectivity index (χ4v) is 4.07. The van der Waals surface area contributed by atoms with Gasteiger partial charge in [-0.2, -0.15) is 0 Å². The maximum atomic E-state index is 12.5. The molecule has 0 saturated carbocycles. The Labute approximate surface area is 176 Å². The molecule has 0 unspecified atom stereocenters. The molecule has 136 valence electrons. The zero-order valence-corrected chi connectivity index (χ0v) is 17.5. The van der Waals surface area contributed by atoms with Gasteiger partial charge in [-0.05, 0) is 46.6 Å². The van der Waals surface area contributed by atoms with Crippen molar-refractivity contribution in [2.75, 3.05) is 0 Å². The molecule has 3 heterocycles. The maximum absolute atomic E-state index is 12.5. The number of pyridine rings is 1. The molecular formula is C18H9BrCl3N3O2. The lowest BCUT2D eigenvalue weighted by molar-refractivity contribution is 0.515. The SMILES string of the molecule is Cc1cc(Cl)cc2c(=O)oc(-c3cc(Br)cn3-c3c(Cl)cncc3Cl)nc12. The lowest BCUT2D eigenvalue weighted by atomic mass is 10.1. The van der Waals surface area contributed by atoms with E-state index in [1.54, 1.807) is 22.9 Å². The molecule has 0 aliphatic heterocycles. The van der Waals surface area contributed by atoms with Crippen molar-refractivity contribution in [3.63, 3.8) is 0 Å². The van der Waals surface area contributed by atoms with Gasteiger partial charge in [0, 0.05) is 28.1 Å². The average Bonchev–Trinajstić information content (AvgIpc) is 2.97. The first-order chi connectivity index (χ1) is 12.8. The molecular weight excluding hydrogens is 476 g/mol. The first-order valence-electron chi connectivity index (χ1n) is 7.64. The van der Waals surface area contributed by atoms with E-state index in [9.17, 15) is 4.79 Å². The van der Waals surface area contributed by atoms with E-state index in [1.165, 1.54) is 18.5 Å². The second-order valence-electron chi connectivity index (χ2n) is 5.79. The molecule has 4 rings (SSSR count). The minimum atomic E-state index is -0.531. The van der Waals surface area contributed by atoms with Crippen LogP contribution in [-0.4, -0.2) is 14.5 Å². The molecule has 5 nitrogen and oxygen atoms in total. The van der Waals surface area contributed by atoms with Crippen LogP contribution in [0.1, 0.15) is 5.56 Å². The first-order valence-corrected chi connectivity index (χ1v) is 9.56. The van der Waals surface area contributed by atoms with Gasteiger partial charge < -0.3 is 8.98 Å². The highest BCUT2D eigenvalue weighted by Crippen LogP contribution is 2.34. The summed E-state index contributed by atoms with van der Waals surface area (Å²) in [5.41, 5.74) is 1.76. The summed E-state index contributed by atoms with van der Waals surface area (Å²) >= 11 is 22.1. The standard InChI is InChI=1S/C18H9BrCl3N3O2/c1-8-2-10(20)4-11-15(8)24-17(27-18(11)26)14-3-9(19)7-25(14)16-12(21)5-23-6-13(16)22/h2-7H,1H3. The Bertz CT molecular complexity index is 1250. The minimum Gasteiger partial charge on any atom is -0.401 e. The van der Waals surface area contributed by atoms with Gasteiger partial charge in [-0.3, -0.25) is 4.98 Å². The van der Waals surface area contributed by atoms with E-state index < -0.39 is 5.63 Å². The third kappa shape index (κ3) is 3.27.